The van der Waals surface area contributed by atoms with Crippen LogP contribution < -0.4 is 0 Å². The number of nitrogens with zero attached hydrogens (tertiary/aromatic N) is 3. The number of hydrogen-bond acceptors (Lipinski definition) is 2. The second-order valence-electron chi connectivity index (χ2n) is 7.48. The van der Waals surface area contributed by atoms with Crippen molar-refractivity contribution in [1.29, 1.82) is 0 Å². The van der Waals surface area contributed by atoms with Gasteiger partial charge in [0, 0.05) is 15.8 Å². The van der Waals surface area contributed by atoms with Crippen molar-refractivity contribution >= 4 is 61.4 Å². The third kappa shape index (κ3) is 2.03. The number of aromatic nitrogens is 3. The maximum Gasteiger partial charge on any atom is 0.220 e. The second-order valence-corrected chi connectivity index (χ2v) is 7.92. The van der Waals surface area contributed by atoms with Gasteiger partial charge in [0.15, 0.2) is 0 Å². The molecule has 0 unspecified atom stereocenters. The van der Waals surface area contributed by atoms with Crippen LogP contribution >= 0.6 is 11.6 Å². The maximum atomic E-state index is 6.30. The Balaban J connectivity index is 1.64. The number of furan rings is 1. The molecule has 5 heteroatoms. The van der Waals surface area contributed by atoms with E-state index in [1.807, 2.05) is 42.5 Å². The van der Waals surface area contributed by atoms with Crippen LogP contribution in [0, 0.1) is 0 Å². The van der Waals surface area contributed by atoms with Crippen molar-refractivity contribution in [3.63, 3.8) is 0 Å². The number of para-hydroxylation sites is 3. The normalized spacial score (nSPS) is 12.2. The highest BCUT2D eigenvalue weighted by molar-refractivity contribution is 6.31. The van der Waals surface area contributed by atoms with Crippen LogP contribution in [0.4, 0.5) is 0 Å². The number of rotatable bonds is 1. The molecule has 0 radical (unpaired) electrons. The molecule has 7 aromatic rings. The van der Waals surface area contributed by atoms with Gasteiger partial charge in [-0.25, -0.2) is 4.98 Å². The summed E-state index contributed by atoms with van der Waals surface area (Å²) in [7, 11) is 0. The number of fused-ring (bicyclic) bond motifs is 8. The summed E-state index contributed by atoms with van der Waals surface area (Å²) >= 11 is 6.30. The molecule has 0 aliphatic rings. The Morgan fingerprint density at radius 3 is 2.43 bits per heavy atom. The summed E-state index contributed by atoms with van der Waals surface area (Å²) in [6.07, 6.45) is 0. The fraction of sp³-hybridized carbons (Fsp3) is 0. The number of benzene rings is 4. The lowest BCUT2D eigenvalue weighted by Gasteiger charge is -2.05. The molecular weight excluding hydrogens is 394 g/mol. The van der Waals surface area contributed by atoms with E-state index in [0.29, 0.717) is 5.02 Å². The second kappa shape index (κ2) is 5.65. The SMILES string of the molecule is Clc1ccc2nc3n(-c4ccc5oc6ccccc6c5c4)c4ccccc4n3c2c1. The van der Waals surface area contributed by atoms with E-state index in [1.54, 1.807) is 0 Å². The van der Waals surface area contributed by atoms with Crippen molar-refractivity contribution in [1.82, 2.24) is 14.0 Å². The van der Waals surface area contributed by atoms with E-state index in [2.05, 4.69) is 51.4 Å². The van der Waals surface area contributed by atoms with Crippen molar-refractivity contribution in [2.24, 2.45) is 0 Å². The molecule has 0 N–H and O–H groups in total. The zero-order chi connectivity index (χ0) is 19.8. The van der Waals surface area contributed by atoms with Crippen molar-refractivity contribution in [2.75, 3.05) is 0 Å². The number of imidazole rings is 2. The third-order valence-corrected chi connectivity index (χ3v) is 6.02. The van der Waals surface area contributed by atoms with Crippen LogP contribution in [0.25, 0.3) is 55.5 Å². The van der Waals surface area contributed by atoms with Gasteiger partial charge in [-0.2, -0.15) is 0 Å². The van der Waals surface area contributed by atoms with Gasteiger partial charge in [-0.15, -0.1) is 0 Å². The van der Waals surface area contributed by atoms with Crippen LogP contribution in [0.15, 0.2) is 89.3 Å². The molecule has 7 rings (SSSR count). The first-order chi connectivity index (χ1) is 14.8. The van der Waals surface area contributed by atoms with Crippen LogP contribution in [-0.2, 0) is 0 Å². The molecular formula is C25H14ClN3O. The molecule has 0 fully saturated rings. The summed E-state index contributed by atoms with van der Waals surface area (Å²) in [4.78, 5) is 4.94. The molecule has 142 valence electrons. The molecule has 0 saturated carbocycles. The van der Waals surface area contributed by atoms with Gasteiger partial charge < -0.3 is 4.42 Å². The highest BCUT2D eigenvalue weighted by Crippen LogP contribution is 2.34. The molecule has 0 spiro atoms. The Hall–Kier alpha value is -3.76. The quantitative estimate of drug-likeness (QED) is 0.294. The summed E-state index contributed by atoms with van der Waals surface area (Å²) in [6.45, 7) is 0. The summed E-state index contributed by atoms with van der Waals surface area (Å²) in [5.74, 6) is 0.862. The van der Waals surface area contributed by atoms with E-state index in [-0.39, 0.29) is 0 Å². The van der Waals surface area contributed by atoms with Crippen molar-refractivity contribution in [3.8, 4) is 5.69 Å². The van der Waals surface area contributed by atoms with Gasteiger partial charge in [-0.05, 0) is 54.6 Å². The van der Waals surface area contributed by atoms with Gasteiger partial charge in [0.05, 0.1) is 27.8 Å². The molecule has 0 amide bonds. The Morgan fingerprint density at radius 2 is 1.50 bits per heavy atom. The van der Waals surface area contributed by atoms with E-state index in [9.17, 15) is 0 Å². The van der Waals surface area contributed by atoms with Crippen LogP contribution in [0.3, 0.4) is 0 Å². The van der Waals surface area contributed by atoms with Gasteiger partial charge in [-0.3, -0.25) is 8.97 Å². The lowest BCUT2D eigenvalue weighted by Crippen LogP contribution is -1.94. The van der Waals surface area contributed by atoms with Gasteiger partial charge >= 0.3 is 0 Å². The summed E-state index contributed by atoms with van der Waals surface area (Å²) in [5, 5.41) is 2.91. The molecule has 3 heterocycles. The van der Waals surface area contributed by atoms with Gasteiger partial charge in [0.1, 0.15) is 11.2 Å². The lowest BCUT2D eigenvalue weighted by atomic mass is 10.1. The van der Waals surface area contributed by atoms with E-state index in [0.717, 1.165) is 55.5 Å². The topological polar surface area (TPSA) is 35.4 Å². The summed E-state index contributed by atoms with van der Waals surface area (Å²) in [6, 6.07) is 28.6. The van der Waals surface area contributed by atoms with Gasteiger partial charge in [0.25, 0.3) is 0 Å². The smallest absolute Gasteiger partial charge is 0.220 e. The molecule has 30 heavy (non-hydrogen) atoms. The number of halogens is 1. The van der Waals surface area contributed by atoms with Gasteiger partial charge in [0.2, 0.25) is 5.78 Å². The van der Waals surface area contributed by atoms with Crippen LogP contribution in [0.2, 0.25) is 5.02 Å². The molecule has 0 aliphatic heterocycles. The fourth-order valence-corrected chi connectivity index (χ4v) is 4.65. The summed E-state index contributed by atoms with van der Waals surface area (Å²) < 4.78 is 10.4. The van der Waals surface area contributed by atoms with Crippen LogP contribution in [-0.4, -0.2) is 14.0 Å². The number of hydrogen-bond donors (Lipinski definition) is 0. The highest BCUT2D eigenvalue weighted by atomic mass is 35.5. The highest BCUT2D eigenvalue weighted by Gasteiger charge is 2.18. The van der Waals surface area contributed by atoms with E-state index < -0.39 is 0 Å². The van der Waals surface area contributed by atoms with Crippen molar-refractivity contribution in [2.45, 2.75) is 0 Å². The predicted molar refractivity (Wildman–Crippen MR) is 122 cm³/mol. The van der Waals surface area contributed by atoms with Crippen LogP contribution in [0.5, 0.6) is 0 Å². The third-order valence-electron chi connectivity index (χ3n) is 5.78. The summed E-state index contributed by atoms with van der Waals surface area (Å²) in [5.41, 5.74) is 6.93. The molecule has 0 saturated heterocycles. The first-order valence-electron chi connectivity index (χ1n) is 9.77. The Labute approximate surface area is 175 Å². The first kappa shape index (κ1) is 16.1. The molecule has 3 aromatic heterocycles. The molecule has 0 bridgehead atoms. The Bertz CT molecular complexity index is 1770. The molecule has 4 aromatic carbocycles. The Morgan fingerprint density at radius 1 is 0.700 bits per heavy atom. The monoisotopic (exact) mass is 407 g/mol. The first-order valence-corrected chi connectivity index (χ1v) is 10.1. The average molecular weight is 408 g/mol. The average Bonchev–Trinajstić information content (AvgIpc) is 3.41. The zero-order valence-electron chi connectivity index (χ0n) is 15.7. The van der Waals surface area contributed by atoms with Crippen molar-refractivity contribution < 1.29 is 4.42 Å². The van der Waals surface area contributed by atoms with Crippen molar-refractivity contribution in [3.05, 3.63) is 90.0 Å². The largest absolute Gasteiger partial charge is 0.456 e. The molecule has 4 nitrogen and oxygen atoms in total. The minimum atomic E-state index is 0.701. The van der Waals surface area contributed by atoms with E-state index in [4.69, 9.17) is 21.0 Å². The molecule has 0 aliphatic carbocycles. The lowest BCUT2D eigenvalue weighted by molar-refractivity contribution is 0.669. The fourth-order valence-electron chi connectivity index (χ4n) is 4.48. The minimum Gasteiger partial charge on any atom is -0.456 e. The van der Waals surface area contributed by atoms with Crippen LogP contribution in [0.1, 0.15) is 0 Å². The maximum absolute atomic E-state index is 6.30. The van der Waals surface area contributed by atoms with E-state index >= 15 is 0 Å². The minimum absolute atomic E-state index is 0.701. The predicted octanol–water partition coefficient (Wildman–Crippen LogP) is 6.98. The standard InChI is InChI=1S/C25H14ClN3O/c26-15-9-11-19-22(13-15)29-21-7-3-2-6-20(21)28(25(29)27-19)16-10-12-24-18(14-16)17-5-1-4-8-23(17)30-24/h1-14H. The van der Waals surface area contributed by atoms with E-state index in [1.165, 1.54) is 0 Å². The molecule has 0 atom stereocenters. The Kier molecular flexibility index (Phi) is 3.03. The van der Waals surface area contributed by atoms with Gasteiger partial charge in [-0.1, -0.05) is 41.9 Å². The zero-order valence-corrected chi connectivity index (χ0v) is 16.5.